The zero-order valence-electron chi connectivity index (χ0n) is 11.6. The highest BCUT2D eigenvalue weighted by molar-refractivity contribution is 9.10. The van der Waals surface area contributed by atoms with Gasteiger partial charge in [-0.25, -0.2) is 4.79 Å². The van der Waals surface area contributed by atoms with Gasteiger partial charge >= 0.3 is 5.97 Å². The van der Waals surface area contributed by atoms with E-state index >= 15 is 0 Å². The Kier molecular flexibility index (Phi) is 3.77. The summed E-state index contributed by atoms with van der Waals surface area (Å²) in [6.07, 6.45) is 0. The van der Waals surface area contributed by atoms with Gasteiger partial charge in [0.05, 0.1) is 11.3 Å². The summed E-state index contributed by atoms with van der Waals surface area (Å²) in [5.41, 5.74) is 1.86. The first kappa shape index (κ1) is 14.5. The Morgan fingerprint density at radius 3 is 2.59 bits per heavy atom. The number of hydrogen-bond donors (Lipinski definition) is 0. The largest absolute Gasteiger partial charge is 0.366 e. The Hall–Kier alpha value is -2.47. The van der Waals surface area contributed by atoms with E-state index in [1.807, 2.05) is 12.1 Å². The third-order valence-electron chi connectivity index (χ3n) is 3.34. The Bertz CT molecular complexity index is 801. The van der Waals surface area contributed by atoms with E-state index in [2.05, 4.69) is 21.1 Å². The van der Waals surface area contributed by atoms with Crippen molar-refractivity contribution in [2.75, 3.05) is 11.9 Å². The molecular formula is C16H11BrN2O3. The minimum Gasteiger partial charge on any atom is -0.312 e. The molecule has 0 N–H and O–H groups in total. The van der Waals surface area contributed by atoms with Crippen molar-refractivity contribution in [3.05, 3.63) is 64.1 Å². The number of carbonyl (C=O) groups excluding carboxylic acids is 2. The molecule has 1 heterocycles. The number of carbonyl (C=O) groups is 2. The molecule has 5 nitrogen and oxygen atoms in total. The fourth-order valence-corrected chi connectivity index (χ4v) is 2.65. The Labute approximate surface area is 135 Å². The first-order valence-electron chi connectivity index (χ1n) is 6.51. The van der Waals surface area contributed by atoms with Crippen LogP contribution in [0, 0.1) is 0 Å². The highest BCUT2D eigenvalue weighted by Crippen LogP contribution is 2.27. The number of nitrogens with zero attached hydrogens (tertiary/aromatic N) is 2. The molecule has 0 radical (unpaired) electrons. The molecule has 3 rings (SSSR count). The van der Waals surface area contributed by atoms with Gasteiger partial charge in [-0.2, -0.15) is 0 Å². The van der Waals surface area contributed by atoms with Crippen LogP contribution in [0.1, 0.15) is 15.9 Å². The summed E-state index contributed by atoms with van der Waals surface area (Å²) in [5.74, 6) is -0.930. The fourth-order valence-electron chi connectivity index (χ4n) is 2.20. The summed E-state index contributed by atoms with van der Waals surface area (Å²) in [4.78, 5) is 30.6. The Morgan fingerprint density at radius 1 is 1.14 bits per heavy atom. The second-order valence-electron chi connectivity index (χ2n) is 4.68. The molecule has 0 bridgehead atoms. The average molecular weight is 359 g/mol. The lowest BCUT2D eigenvalue weighted by Crippen LogP contribution is -2.25. The van der Waals surface area contributed by atoms with Crippen LogP contribution in [0.15, 0.2) is 58.2 Å². The van der Waals surface area contributed by atoms with E-state index in [4.69, 9.17) is 4.84 Å². The van der Waals surface area contributed by atoms with Gasteiger partial charge in [-0.1, -0.05) is 35.5 Å². The monoisotopic (exact) mass is 358 g/mol. The van der Waals surface area contributed by atoms with Crippen molar-refractivity contribution >= 4 is 39.2 Å². The van der Waals surface area contributed by atoms with Crippen molar-refractivity contribution in [3.63, 3.8) is 0 Å². The molecule has 0 aromatic heterocycles. The van der Waals surface area contributed by atoms with Gasteiger partial charge in [-0.05, 0) is 34.1 Å². The van der Waals surface area contributed by atoms with Gasteiger partial charge in [0, 0.05) is 17.1 Å². The van der Waals surface area contributed by atoms with Crippen molar-refractivity contribution in [1.29, 1.82) is 0 Å². The number of benzene rings is 2. The molecule has 0 unspecified atom stereocenters. The standard InChI is InChI=1S/C16H11BrN2O3/c1-19-13-9-5-3-7-11(13)14(15(19)20)18-22-16(21)10-6-2-4-8-12(10)17/h2-9H,1H3/b18-14+. The van der Waals surface area contributed by atoms with Gasteiger partial charge in [-0.15, -0.1) is 0 Å². The number of anilines is 1. The fraction of sp³-hybridized carbons (Fsp3) is 0.0625. The number of hydrogen-bond acceptors (Lipinski definition) is 4. The zero-order valence-corrected chi connectivity index (χ0v) is 13.2. The van der Waals surface area contributed by atoms with Crippen molar-refractivity contribution < 1.29 is 14.4 Å². The molecule has 110 valence electrons. The number of halogens is 1. The highest BCUT2D eigenvalue weighted by atomic mass is 79.9. The molecule has 1 aliphatic rings. The summed E-state index contributed by atoms with van der Waals surface area (Å²) in [6, 6.07) is 14.1. The van der Waals surface area contributed by atoms with Crippen LogP contribution in [0.5, 0.6) is 0 Å². The lowest BCUT2D eigenvalue weighted by molar-refractivity contribution is -0.112. The molecule has 0 atom stereocenters. The van der Waals surface area contributed by atoms with Crippen molar-refractivity contribution in [1.82, 2.24) is 0 Å². The lowest BCUT2D eigenvalue weighted by atomic mass is 10.1. The maximum Gasteiger partial charge on any atom is 0.366 e. The van der Waals surface area contributed by atoms with E-state index < -0.39 is 5.97 Å². The van der Waals surface area contributed by atoms with Crippen LogP contribution in [0.2, 0.25) is 0 Å². The van der Waals surface area contributed by atoms with Gasteiger partial charge in [0.15, 0.2) is 5.71 Å². The Morgan fingerprint density at radius 2 is 1.82 bits per heavy atom. The van der Waals surface area contributed by atoms with E-state index in [0.717, 1.165) is 5.69 Å². The molecule has 0 saturated heterocycles. The molecule has 1 amide bonds. The molecule has 0 spiro atoms. The van der Waals surface area contributed by atoms with E-state index in [-0.39, 0.29) is 11.6 Å². The molecule has 0 saturated carbocycles. The first-order chi connectivity index (χ1) is 10.6. The minimum atomic E-state index is -0.625. The van der Waals surface area contributed by atoms with Crippen LogP contribution < -0.4 is 4.90 Å². The predicted molar refractivity (Wildman–Crippen MR) is 85.9 cm³/mol. The number of rotatable bonds is 2. The van der Waals surface area contributed by atoms with Gasteiger partial charge in [0.1, 0.15) is 0 Å². The van der Waals surface area contributed by atoms with Gasteiger partial charge < -0.3 is 9.74 Å². The molecule has 0 aliphatic carbocycles. The highest BCUT2D eigenvalue weighted by Gasteiger charge is 2.32. The quantitative estimate of drug-likeness (QED) is 0.612. The van der Waals surface area contributed by atoms with Crippen LogP contribution >= 0.6 is 15.9 Å². The van der Waals surface area contributed by atoms with Crippen LogP contribution in [0.3, 0.4) is 0 Å². The molecule has 1 aliphatic heterocycles. The van der Waals surface area contributed by atoms with Crippen LogP contribution in [-0.4, -0.2) is 24.6 Å². The van der Waals surface area contributed by atoms with Crippen LogP contribution in [-0.2, 0) is 9.63 Å². The third kappa shape index (κ3) is 2.42. The summed E-state index contributed by atoms with van der Waals surface area (Å²) in [6.45, 7) is 0. The molecule has 0 fully saturated rings. The zero-order chi connectivity index (χ0) is 15.7. The van der Waals surface area contributed by atoms with E-state index in [1.54, 1.807) is 43.4 Å². The second-order valence-corrected chi connectivity index (χ2v) is 5.53. The van der Waals surface area contributed by atoms with Gasteiger partial charge in [0.25, 0.3) is 5.91 Å². The van der Waals surface area contributed by atoms with Crippen LogP contribution in [0.4, 0.5) is 5.69 Å². The SMILES string of the molecule is CN1C(=O)/C(=N/OC(=O)c2ccccc2Br)c2ccccc21. The maximum absolute atomic E-state index is 12.2. The van der Waals surface area contributed by atoms with Crippen LogP contribution in [0.25, 0.3) is 0 Å². The van der Waals surface area contributed by atoms with Crippen molar-refractivity contribution in [3.8, 4) is 0 Å². The number of oxime groups is 1. The molecule has 2 aromatic carbocycles. The summed E-state index contributed by atoms with van der Waals surface area (Å²) < 4.78 is 0.607. The topological polar surface area (TPSA) is 59.0 Å². The Balaban J connectivity index is 1.89. The third-order valence-corrected chi connectivity index (χ3v) is 4.03. The minimum absolute atomic E-state index is 0.124. The second kappa shape index (κ2) is 5.73. The van der Waals surface area contributed by atoms with E-state index in [1.165, 1.54) is 4.90 Å². The predicted octanol–water partition coefficient (Wildman–Crippen LogP) is 2.99. The number of fused-ring (bicyclic) bond motifs is 1. The number of amides is 1. The summed E-state index contributed by atoms with van der Waals surface area (Å²) >= 11 is 3.27. The van der Waals surface area contributed by atoms with Gasteiger partial charge in [-0.3, -0.25) is 4.79 Å². The normalized spacial score (nSPS) is 15.1. The van der Waals surface area contributed by atoms with Crippen molar-refractivity contribution in [2.24, 2.45) is 5.16 Å². The molecule has 22 heavy (non-hydrogen) atoms. The number of likely N-dealkylation sites (N-methyl/N-ethyl adjacent to an activating group) is 1. The first-order valence-corrected chi connectivity index (χ1v) is 7.30. The average Bonchev–Trinajstić information content (AvgIpc) is 2.77. The van der Waals surface area contributed by atoms with Crippen molar-refractivity contribution in [2.45, 2.75) is 0 Å². The van der Waals surface area contributed by atoms with Gasteiger partial charge in [0.2, 0.25) is 0 Å². The molecular weight excluding hydrogens is 348 g/mol. The molecule has 6 heteroatoms. The molecule has 2 aromatic rings. The maximum atomic E-state index is 12.2. The summed E-state index contributed by atoms with van der Waals surface area (Å²) in [7, 11) is 1.65. The van der Waals surface area contributed by atoms with E-state index in [0.29, 0.717) is 15.6 Å². The van der Waals surface area contributed by atoms with E-state index in [9.17, 15) is 9.59 Å². The summed E-state index contributed by atoms with van der Waals surface area (Å²) in [5, 5.41) is 3.77. The lowest BCUT2D eigenvalue weighted by Gasteiger charge is -2.07. The number of para-hydroxylation sites is 1. The smallest absolute Gasteiger partial charge is 0.312 e.